The molecule has 0 spiro atoms. The van der Waals surface area contributed by atoms with E-state index in [1.54, 1.807) is 0 Å². The second kappa shape index (κ2) is 8.18. The Morgan fingerprint density at radius 1 is 1.21 bits per heavy atom. The second-order valence-corrected chi connectivity index (χ2v) is 5.32. The van der Waals surface area contributed by atoms with Crippen molar-refractivity contribution in [2.75, 3.05) is 20.2 Å². The fraction of sp³-hybridized carbons (Fsp3) is 0.625. The lowest BCUT2D eigenvalue weighted by molar-refractivity contribution is 0.157. The maximum absolute atomic E-state index is 8.92. The molecule has 1 N–H and O–H groups in total. The predicted molar refractivity (Wildman–Crippen MR) is 79.7 cm³/mol. The van der Waals surface area contributed by atoms with Gasteiger partial charge in [-0.05, 0) is 52.3 Å². The molecule has 1 aromatic carbocycles. The van der Waals surface area contributed by atoms with Crippen LogP contribution in [0.2, 0.25) is 0 Å². The molecule has 1 rings (SSSR count). The van der Waals surface area contributed by atoms with Gasteiger partial charge in [0.2, 0.25) is 0 Å². The van der Waals surface area contributed by atoms with Crippen LogP contribution >= 0.6 is 0 Å². The van der Waals surface area contributed by atoms with Gasteiger partial charge in [-0.2, -0.15) is 0 Å². The Bertz CT molecular complexity index is 368. The number of benzene rings is 1. The molecule has 0 amide bonds. The lowest BCUT2D eigenvalue weighted by atomic mass is 10.1. The number of aryl methyl sites for hydroxylation is 1. The van der Waals surface area contributed by atoms with Gasteiger partial charge in [0.15, 0.2) is 0 Å². The Kier molecular flexibility index (Phi) is 6.89. The summed E-state index contributed by atoms with van der Waals surface area (Å²) in [6.45, 7) is 7.32. The fourth-order valence-electron chi connectivity index (χ4n) is 2.04. The van der Waals surface area contributed by atoms with E-state index in [-0.39, 0.29) is 12.7 Å². The number of ether oxygens (including phenoxy) is 1. The molecule has 0 saturated carbocycles. The summed E-state index contributed by atoms with van der Waals surface area (Å²) in [6.07, 6.45) is 2.31. The third kappa shape index (κ3) is 5.62. The lowest BCUT2D eigenvalue weighted by Gasteiger charge is -2.25. The first-order valence-corrected chi connectivity index (χ1v) is 7.08. The minimum absolute atomic E-state index is 0.214. The van der Waals surface area contributed by atoms with Gasteiger partial charge in [-0.1, -0.05) is 18.2 Å². The zero-order chi connectivity index (χ0) is 14.3. The van der Waals surface area contributed by atoms with Gasteiger partial charge in [-0.15, -0.1) is 0 Å². The standard InChI is InChI=1S/C16H27NO2/c1-13-7-5-6-8-16(13)19-15(3)10-9-14(2)17(4)11-12-18/h5-8,14-15,18H,9-12H2,1-4H3. The minimum atomic E-state index is 0.214. The molecule has 0 aliphatic carbocycles. The van der Waals surface area contributed by atoms with Crippen LogP contribution in [-0.4, -0.2) is 42.4 Å². The highest BCUT2D eigenvalue weighted by molar-refractivity contribution is 5.31. The average molecular weight is 265 g/mol. The van der Waals surface area contributed by atoms with Crippen molar-refractivity contribution in [3.63, 3.8) is 0 Å². The molecule has 0 saturated heterocycles. The number of likely N-dealkylation sites (N-methyl/N-ethyl adjacent to an activating group) is 1. The number of para-hydroxylation sites is 1. The highest BCUT2D eigenvalue weighted by Gasteiger charge is 2.12. The highest BCUT2D eigenvalue weighted by atomic mass is 16.5. The molecule has 0 bridgehead atoms. The molecule has 1 aromatic rings. The Morgan fingerprint density at radius 3 is 2.53 bits per heavy atom. The SMILES string of the molecule is Cc1ccccc1OC(C)CCC(C)N(C)CCO. The molecule has 0 aliphatic rings. The van der Waals surface area contributed by atoms with Crippen molar-refractivity contribution >= 4 is 0 Å². The van der Waals surface area contributed by atoms with Crippen molar-refractivity contribution in [1.29, 1.82) is 0 Å². The van der Waals surface area contributed by atoms with Crippen LogP contribution in [0.1, 0.15) is 32.3 Å². The fourth-order valence-corrected chi connectivity index (χ4v) is 2.04. The van der Waals surface area contributed by atoms with Crippen LogP contribution < -0.4 is 4.74 Å². The molecule has 3 heteroatoms. The van der Waals surface area contributed by atoms with Gasteiger partial charge in [-0.3, -0.25) is 0 Å². The minimum Gasteiger partial charge on any atom is -0.490 e. The molecule has 0 heterocycles. The van der Waals surface area contributed by atoms with Gasteiger partial charge in [0.1, 0.15) is 5.75 Å². The van der Waals surface area contributed by atoms with Gasteiger partial charge >= 0.3 is 0 Å². The van der Waals surface area contributed by atoms with Crippen molar-refractivity contribution in [2.45, 2.75) is 45.8 Å². The number of hydrogen-bond donors (Lipinski definition) is 1. The van der Waals surface area contributed by atoms with Crippen molar-refractivity contribution in [3.8, 4) is 5.75 Å². The number of rotatable bonds is 8. The van der Waals surface area contributed by atoms with E-state index in [0.29, 0.717) is 6.04 Å². The first-order valence-electron chi connectivity index (χ1n) is 7.08. The van der Waals surface area contributed by atoms with Gasteiger partial charge in [-0.25, -0.2) is 0 Å². The van der Waals surface area contributed by atoms with Crippen LogP contribution in [0.5, 0.6) is 5.75 Å². The van der Waals surface area contributed by atoms with E-state index < -0.39 is 0 Å². The van der Waals surface area contributed by atoms with Crippen molar-refractivity contribution in [1.82, 2.24) is 4.90 Å². The Morgan fingerprint density at radius 2 is 1.89 bits per heavy atom. The topological polar surface area (TPSA) is 32.7 Å². The monoisotopic (exact) mass is 265 g/mol. The number of aliphatic hydroxyl groups excluding tert-OH is 1. The number of aliphatic hydroxyl groups is 1. The normalized spacial score (nSPS) is 14.4. The lowest BCUT2D eigenvalue weighted by Crippen LogP contribution is -2.32. The molecule has 0 fully saturated rings. The van der Waals surface area contributed by atoms with Gasteiger partial charge in [0.05, 0.1) is 12.7 Å². The highest BCUT2D eigenvalue weighted by Crippen LogP contribution is 2.19. The third-order valence-electron chi connectivity index (χ3n) is 3.62. The molecule has 2 unspecified atom stereocenters. The van der Waals surface area contributed by atoms with Crippen LogP contribution in [0, 0.1) is 6.92 Å². The van der Waals surface area contributed by atoms with E-state index >= 15 is 0 Å². The summed E-state index contributed by atoms with van der Waals surface area (Å²) in [7, 11) is 2.05. The number of nitrogens with zero attached hydrogens (tertiary/aromatic N) is 1. The average Bonchev–Trinajstić information content (AvgIpc) is 2.39. The van der Waals surface area contributed by atoms with E-state index in [9.17, 15) is 0 Å². The molecule has 0 radical (unpaired) electrons. The Labute approximate surface area is 117 Å². The van der Waals surface area contributed by atoms with E-state index in [0.717, 1.165) is 25.1 Å². The molecule has 2 atom stereocenters. The van der Waals surface area contributed by atoms with Gasteiger partial charge in [0.25, 0.3) is 0 Å². The predicted octanol–water partition coefficient (Wildman–Crippen LogP) is 2.86. The Balaban J connectivity index is 2.36. The summed E-state index contributed by atoms with van der Waals surface area (Å²) >= 11 is 0. The maximum atomic E-state index is 8.92. The van der Waals surface area contributed by atoms with E-state index in [1.807, 2.05) is 25.2 Å². The molecule has 3 nitrogen and oxygen atoms in total. The summed E-state index contributed by atoms with van der Waals surface area (Å²) in [5.41, 5.74) is 1.18. The summed E-state index contributed by atoms with van der Waals surface area (Å²) in [5.74, 6) is 0.978. The Hall–Kier alpha value is -1.06. The smallest absolute Gasteiger partial charge is 0.122 e. The molecule has 0 aliphatic heterocycles. The summed E-state index contributed by atoms with van der Waals surface area (Å²) < 4.78 is 5.97. The van der Waals surface area contributed by atoms with Gasteiger partial charge < -0.3 is 14.7 Å². The summed E-state index contributed by atoms with van der Waals surface area (Å²) in [5, 5.41) is 8.92. The largest absolute Gasteiger partial charge is 0.490 e. The summed E-state index contributed by atoms with van der Waals surface area (Å²) in [4.78, 5) is 2.18. The van der Waals surface area contributed by atoms with E-state index in [4.69, 9.17) is 9.84 Å². The third-order valence-corrected chi connectivity index (χ3v) is 3.62. The quantitative estimate of drug-likeness (QED) is 0.784. The zero-order valence-corrected chi connectivity index (χ0v) is 12.6. The van der Waals surface area contributed by atoms with E-state index in [1.165, 1.54) is 5.56 Å². The van der Waals surface area contributed by atoms with E-state index in [2.05, 4.69) is 31.7 Å². The van der Waals surface area contributed by atoms with Crippen LogP contribution in [-0.2, 0) is 0 Å². The van der Waals surface area contributed by atoms with Crippen LogP contribution in [0.3, 0.4) is 0 Å². The maximum Gasteiger partial charge on any atom is 0.122 e. The van der Waals surface area contributed by atoms with Gasteiger partial charge in [0, 0.05) is 12.6 Å². The molecule has 19 heavy (non-hydrogen) atoms. The van der Waals surface area contributed by atoms with Crippen molar-refractivity contribution in [3.05, 3.63) is 29.8 Å². The molecule has 0 aromatic heterocycles. The second-order valence-electron chi connectivity index (χ2n) is 5.32. The molecular weight excluding hydrogens is 238 g/mol. The van der Waals surface area contributed by atoms with Crippen LogP contribution in [0.15, 0.2) is 24.3 Å². The molecular formula is C16H27NO2. The molecule has 108 valence electrons. The zero-order valence-electron chi connectivity index (χ0n) is 12.6. The van der Waals surface area contributed by atoms with Crippen LogP contribution in [0.4, 0.5) is 0 Å². The number of hydrogen-bond acceptors (Lipinski definition) is 3. The first-order chi connectivity index (χ1) is 9.04. The van der Waals surface area contributed by atoms with Crippen molar-refractivity contribution in [2.24, 2.45) is 0 Å². The van der Waals surface area contributed by atoms with Crippen molar-refractivity contribution < 1.29 is 9.84 Å². The summed E-state index contributed by atoms with van der Waals surface area (Å²) in [6, 6.07) is 8.59. The van der Waals surface area contributed by atoms with Crippen LogP contribution in [0.25, 0.3) is 0 Å². The first kappa shape index (κ1) is 16.0.